The molecule has 0 fully saturated rings. The summed E-state index contributed by atoms with van der Waals surface area (Å²) in [5.74, 6) is 0.360. The summed E-state index contributed by atoms with van der Waals surface area (Å²) in [5, 5.41) is 6.66. The smallest absolute Gasteiger partial charge is 0.320 e. The highest BCUT2D eigenvalue weighted by Crippen LogP contribution is 2.30. The summed E-state index contributed by atoms with van der Waals surface area (Å²) >= 11 is 8.34. The lowest BCUT2D eigenvalue weighted by Gasteiger charge is -2.30. The largest absolute Gasteiger partial charge is 0.323 e. The molecule has 0 spiro atoms. The Morgan fingerprint density at radius 1 is 1.53 bits per heavy atom. The number of hydrogen-bond donors (Lipinski definition) is 2. The van der Waals surface area contributed by atoms with E-state index in [2.05, 4.69) is 52.3 Å². The summed E-state index contributed by atoms with van der Waals surface area (Å²) in [6.45, 7) is 2.08. The number of alkyl halides is 1. The fraction of sp³-hybridized carbons (Fsp3) is 0.500. The lowest BCUT2D eigenvalue weighted by Crippen LogP contribution is -2.48. The summed E-state index contributed by atoms with van der Waals surface area (Å²) in [6.07, 6.45) is 11.8. The Morgan fingerprint density at radius 2 is 2.32 bits per heavy atom. The zero-order valence-corrected chi connectivity index (χ0v) is 13.8. The normalized spacial score (nSPS) is 30.4. The lowest BCUT2D eigenvalue weighted by atomic mass is 10.0. The van der Waals surface area contributed by atoms with E-state index < -0.39 is 0 Å². The molecule has 1 unspecified atom stereocenters. The summed E-state index contributed by atoms with van der Waals surface area (Å²) in [5.41, 5.74) is 0.879. The zero-order chi connectivity index (χ0) is 13.9. The van der Waals surface area contributed by atoms with Crippen LogP contribution in [0.25, 0.3) is 0 Å². The molecule has 0 bridgehead atoms. The van der Waals surface area contributed by atoms with Crippen molar-refractivity contribution in [2.45, 2.75) is 36.2 Å². The van der Waals surface area contributed by atoms with Gasteiger partial charge in [-0.3, -0.25) is 0 Å². The van der Waals surface area contributed by atoms with Gasteiger partial charge in [-0.05, 0) is 37.7 Å². The summed E-state index contributed by atoms with van der Waals surface area (Å²) < 4.78 is -0.170. The van der Waals surface area contributed by atoms with Gasteiger partial charge in [0, 0.05) is 10.7 Å². The number of nitrogens with one attached hydrogen (secondary N) is 2. The molecule has 0 aromatic heterocycles. The predicted octanol–water partition coefficient (Wildman–Crippen LogP) is 4.20. The highest BCUT2D eigenvalue weighted by molar-refractivity contribution is 14.1. The van der Waals surface area contributed by atoms with Crippen LogP contribution in [0, 0.1) is 5.92 Å². The van der Waals surface area contributed by atoms with Crippen molar-refractivity contribution in [2.24, 2.45) is 5.92 Å². The van der Waals surface area contributed by atoms with Gasteiger partial charge < -0.3 is 10.6 Å². The fourth-order valence-electron chi connectivity index (χ4n) is 2.33. The van der Waals surface area contributed by atoms with Crippen molar-refractivity contribution < 1.29 is 4.79 Å². The topological polar surface area (TPSA) is 41.1 Å². The van der Waals surface area contributed by atoms with Crippen LogP contribution >= 0.6 is 34.2 Å². The van der Waals surface area contributed by atoms with Gasteiger partial charge in [-0.15, -0.1) is 0 Å². The van der Waals surface area contributed by atoms with Crippen LogP contribution in [0.15, 0.2) is 35.0 Å². The van der Waals surface area contributed by atoms with Gasteiger partial charge in [-0.1, -0.05) is 59.3 Å². The molecule has 0 heterocycles. The molecule has 0 aromatic carbocycles. The number of urea groups is 1. The van der Waals surface area contributed by atoms with Crippen LogP contribution in [0.5, 0.6) is 0 Å². The molecule has 0 saturated heterocycles. The van der Waals surface area contributed by atoms with Gasteiger partial charge in [-0.25, -0.2) is 4.79 Å². The SMILES string of the molecule is C[C@@H]1C=C(Cl)C=C(NC(=O)NC2(I)CC=CCC2)C1. The number of allylic oxidation sites excluding steroid dienone is 5. The number of rotatable bonds is 2. The number of carbonyl (C=O) groups excluding carboxylic acids is 1. The van der Waals surface area contributed by atoms with Gasteiger partial charge in [0.25, 0.3) is 0 Å². The molecule has 0 aliphatic heterocycles. The van der Waals surface area contributed by atoms with Crippen molar-refractivity contribution >= 4 is 40.2 Å². The van der Waals surface area contributed by atoms with Gasteiger partial charge >= 0.3 is 6.03 Å². The van der Waals surface area contributed by atoms with E-state index in [4.69, 9.17) is 11.6 Å². The van der Waals surface area contributed by atoms with Crippen LogP contribution < -0.4 is 10.6 Å². The molecule has 0 saturated carbocycles. The molecule has 0 radical (unpaired) electrons. The van der Waals surface area contributed by atoms with E-state index in [1.165, 1.54) is 0 Å². The Kier molecular flexibility index (Phi) is 4.95. The van der Waals surface area contributed by atoms with Crippen LogP contribution in [-0.4, -0.2) is 9.58 Å². The minimum absolute atomic E-state index is 0.144. The maximum absolute atomic E-state index is 12.0. The number of hydrogen-bond acceptors (Lipinski definition) is 1. The Balaban J connectivity index is 1.91. The van der Waals surface area contributed by atoms with Crippen LogP contribution in [-0.2, 0) is 0 Å². The molecular weight excluding hydrogens is 375 g/mol. The van der Waals surface area contributed by atoms with Gasteiger partial charge in [0.05, 0.1) is 3.55 Å². The molecule has 5 heteroatoms. The Hall–Kier alpha value is -0.490. The molecule has 2 N–H and O–H groups in total. The first-order valence-electron chi connectivity index (χ1n) is 6.48. The number of amides is 2. The fourth-order valence-corrected chi connectivity index (χ4v) is 3.49. The van der Waals surface area contributed by atoms with E-state index in [1.54, 1.807) is 0 Å². The number of carbonyl (C=O) groups is 1. The Bertz CT molecular complexity index is 458. The molecule has 2 amide bonds. The number of halogens is 2. The molecular formula is C14H18ClIN2O. The first-order valence-corrected chi connectivity index (χ1v) is 7.93. The molecule has 3 nitrogen and oxygen atoms in total. The van der Waals surface area contributed by atoms with E-state index in [-0.39, 0.29) is 9.58 Å². The Morgan fingerprint density at radius 3 is 2.95 bits per heavy atom. The Labute approximate surface area is 132 Å². The maximum Gasteiger partial charge on any atom is 0.320 e. The highest BCUT2D eigenvalue weighted by atomic mass is 127. The highest BCUT2D eigenvalue weighted by Gasteiger charge is 2.28. The second-order valence-electron chi connectivity index (χ2n) is 5.16. The lowest BCUT2D eigenvalue weighted by molar-refractivity contribution is 0.237. The van der Waals surface area contributed by atoms with Gasteiger partial charge in [-0.2, -0.15) is 0 Å². The molecule has 2 rings (SSSR count). The van der Waals surface area contributed by atoms with E-state index in [1.807, 2.05) is 12.2 Å². The summed E-state index contributed by atoms with van der Waals surface area (Å²) in [7, 11) is 0. The molecule has 104 valence electrons. The van der Waals surface area contributed by atoms with Crippen molar-refractivity contribution in [3.8, 4) is 0 Å². The van der Waals surface area contributed by atoms with Crippen molar-refractivity contribution in [3.05, 3.63) is 35.0 Å². The second-order valence-corrected chi connectivity index (χ2v) is 7.66. The zero-order valence-electron chi connectivity index (χ0n) is 10.9. The van der Waals surface area contributed by atoms with Crippen LogP contribution in [0.2, 0.25) is 0 Å². The molecule has 2 aliphatic carbocycles. The third kappa shape index (κ3) is 4.53. The maximum atomic E-state index is 12.0. The average molecular weight is 393 g/mol. The monoisotopic (exact) mass is 392 g/mol. The van der Waals surface area contributed by atoms with Crippen LogP contribution in [0.1, 0.15) is 32.6 Å². The van der Waals surface area contributed by atoms with Gasteiger partial charge in [0.2, 0.25) is 0 Å². The van der Waals surface area contributed by atoms with Gasteiger partial charge in [0.15, 0.2) is 0 Å². The third-order valence-corrected chi connectivity index (χ3v) is 4.71. The van der Waals surface area contributed by atoms with Gasteiger partial charge in [0.1, 0.15) is 0 Å². The predicted molar refractivity (Wildman–Crippen MR) is 87.2 cm³/mol. The minimum Gasteiger partial charge on any atom is -0.323 e. The van der Waals surface area contributed by atoms with Crippen molar-refractivity contribution in [1.82, 2.24) is 10.6 Å². The summed E-state index contributed by atoms with van der Waals surface area (Å²) in [4.78, 5) is 12.0. The molecule has 2 aliphatic rings. The molecule has 2 atom stereocenters. The van der Waals surface area contributed by atoms with E-state index in [0.29, 0.717) is 11.0 Å². The first-order chi connectivity index (χ1) is 8.97. The van der Waals surface area contributed by atoms with Crippen molar-refractivity contribution in [1.29, 1.82) is 0 Å². The first kappa shape index (κ1) is 14.9. The third-order valence-electron chi connectivity index (χ3n) is 3.22. The van der Waals surface area contributed by atoms with Crippen molar-refractivity contribution in [3.63, 3.8) is 0 Å². The summed E-state index contributed by atoms with van der Waals surface area (Å²) in [6, 6.07) is -0.144. The van der Waals surface area contributed by atoms with E-state index in [9.17, 15) is 4.79 Å². The van der Waals surface area contributed by atoms with Crippen LogP contribution in [0.4, 0.5) is 4.79 Å². The van der Waals surface area contributed by atoms with E-state index >= 15 is 0 Å². The second kappa shape index (κ2) is 6.31. The molecule has 0 aromatic rings. The minimum atomic E-state index is -0.170. The van der Waals surface area contributed by atoms with Crippen molar-refractivity contribution in [2.75, 3.05) is 0 Å². The quantitative estimate of drug-likeness (QED) is 0.314. The van der Waals surface area contributed by atoms with E-state index in [0.717, 1.165) is 31.4 Å². The molecule has 19 heavy (non-hydrogen) atoms. The standard InChI is InChI=1S/C14H18ClIN2O/c1-10-7-11(15)9-12(8-10)17-13(19)18-14(16)5-3-2-4-6-14/h2-3,7,9-10H,4-6,8H2,1H3,(H2,17,18,19)/t10-,14?/m1/s1. The van der Waals surface area contributed by atoms with Crippen LogP contribution in [0.3, 0.4) is 0 Å². The average Bonchev–Trinajstić information content (AvgIpc) is 2.27.